The molecule has 1 heterocycles. The summed E-state index contributed by atoms with van der Waals surface area (Å²) in [5, 5.41) is 9.27. The molecular weight excluding hydrogens is 204 g/mol. The minimum atomic E-state index is -0.412. The molecule has 0 bridgehead atoms. The summed E-state index contributed by atoms with van der Waals surface area (Å²) in [7, 11) is 3.99. The molecule has 0 aromatic heterocycles. The van der Waals surface area contributed by atoms with Gasteiger partial charge in [0, 0.05) is 19.6 Å². The highest BCUT2D eigenvalue weighted by Gasteiger charge is 2.51. The molecule has 0 aromatic carbocycles. The first kappa shape index (κ1) is 11.9. The lowest BCUT2D eigenvalue weighted by molar-refractivity contribution is -0.140. The molecule has 1 atom stereocenters. The Morgan fingerprint density at radius 2 is 2.25 bits per heavy atom. The molecular formula is C12H22N2O2. The summed E-state index contributed by atoms with van der Waals surface area (Å²) >= 11 is 0. The maximum Gasteiger partial charge on any atom is 0.231 e. The second-order valence-electron chi connectivity index (χ2n) is 5.41. The minimum absolute atomic E-state index is 0.0126. The number of likely N-dealkylation sites (N-methyl/N-ethyl adjacent to an activating group) is 2. The molecule has 4 heteroatoms. The molecule has 92 valence electrons. The number of nitrogens with zero attached hydrogens (tertiary/aromatic N) is 2. The predicted molar refractivity (Wildman–Crippen MR) is 62.0 cm³/mol. The van der Waals surface area contributed by atoms with Crippen LogP contribution in [0.4, 0.5) is 0 Å². The molecule has 1 unspecified atom stereocenters. The summed E-state index contributed by atoms with van der Waals surface area (Å²) in [6.07, 6.45) is 3.96. The van der Waals surface area contributed by atoms with Crippen LogP contribution in [0.3, 0.4) is 0 Å². The van der Waals surface area contributed by atoms with E-state index >= 15 is 0 Å². The van der Waals surface area contributed by atoms with Crippen LogP contribution in [0.2, 0.25) is 0 Å². The van der Waals surface area contributed by atoms with Crippen LogP contribution in [0.25, 0.3) is 0 Å². The van der Waals surface area contributed by atoms with Crippen LogP contribution in [-0.4, -0.2) is 60.6 Å². The van der Waals surface area contributed by atoms with Gasteiger partial charge in [0.1, 0.15) is 0 Å². The van der Waals surface area contributed by atoms with Gasteiger partial charge in [0.15, 0.2) is 0 Å². The second kappa shape index (κ2) is 4.34. The van der Waals surface area contributed by atoms with Crippen molar-refractivity contribution in [2.75, 3.05) is 33.8 Å². The van der Waals surface area contributed by atoms with Crippen LogP contribution in [0.5, 0.6) is 0 Å². The number of amides is 1. The summed E-state index contributed by atoms with van der Waals surface area (Å²) in [5.41, 5.74) is -0.412. The molecule has 2 rings (SSSR count). The van der Waals surface area contributed by atoms with Gasteiger partial charge in [-0.05, 0) is 39.3 Å². The lowest BCUT2D eigenvalue weighted by Gasteiger charge is -2.37. The lowest BCUT2D eigenvalue weighted by atomic mass is 10.0. The van der Waals surface area contributed by atoms with Crippen molar-refractivity contribution in [3.63, 3.8) is 0 Å². The van der Waals surface area contributed by atoms with Gasteiger partial charge in [-0.3, -0.25) is 4.79 Å². The van der Waals surface area contributed by atoms with Gasteiger partial charge in [-0.25, -0.2) is 0 Å². The predicted octanol–water partition coefficient (Wildman–Crippen LogP) is 0.311. The van der Waals surface area contributed by atoms with E-state index < -0.39 is 5.41 Å². The molecule has 1 amide bonds. The first-order valence-electron chi connectivity index (χ1n) is 6.16. The molecule has 0 aromatic rings. The van der Waals surface area contributed by atoms with E-state index in [1.807, 2.05) is 11.9 Å². The number of likely N-dealkylation sites (tertiary alicyclic amines) is 1. The summed E-state index contributed by atoms with van der Waals surface area (Å²) in [6.45, 7) is 2.10. The first-order chi connectivity index (χ1) is 7.59. The summed E-state index contributed by atoms with van der Waals surface area (Å²) < 4.78 is 0. The molecule has 1 aliphatic carbocycles. The fourth-order valence-electron chi connectivity index (χ4n) is 2.59. The van der Waals surface area contributed by atoms with Crippen molar-refractivity contribution in [1.29, 1.82) is 0 Å². The van der Waals surface area contributed by atoms with E-state index in [1.165, 1.54) is 0 Å². The average Bonchev–Trinajstić information content (AvgIpc) is 3.08. The maximum atomic E-state index is 12.2. The van der Waals surface area contributed by atoms with Crippen molar-refractivity contribution in [2.45, 2.75) is 31.7 Å². The smallest absolute Gasteiger partial charge is 0.231 e. The number of rotatable bonds is 3. The van der Waals surface area contributed by atoms with Crippen molar-refractivity contribution in [2.24, 2.45) is 5.41 Å². The summed E-state index contributed by atoms with van der Waals surface area (Å²) in [4.78, 5) is 16.4. The summed E-state index contributed by atoms with van der Waals surface area (Å²) in [6, 6.07) is 0.329. The van der Waals surface area contributed by atoms with Gasteiger partial charge in [0.05, 0.1) is 12.0 Å². The van der Waals surface area contributed by atoms with Gasteiger partial charge < -0.3 is 14.9 Å². The number of carbonyl (C=O) groups excluding carboxylic acids is 1. The SMILES string of the molecule is CN1CCCC(N(C)C(=O)C2(CO)CC2)C1. The highest BCUT2D eigenvalue weighted by molar-refractivity contribution is 5.85. The normalized spacial score (nSPS) is 28.8. The van der Waals surface area contributed by atoms with Crippen LogP contribution in [0.1, 0.15) is 25.7 Å². The number of hydrogen-bond acceptors (Lipinski definition) is 3. The Kier molecular flexibility index (Phi) is 3.22. The molecule has 0 radical (unpaired) electrons. The van der Waals surface area contributed by atoms with E-state index in [9.17, 15) is 9.90 Å². The third-order valence-corrected chi connectivity index (χ3v) is 4.08. The zero-order valence-electron chi connectivity index (χ0n) is 10.3. The van der Waals surface area contributed by atoms with E-state index in [-0.39, 0.29) is 12.5 Å². The quantitative estimate of drug-likeness (QED) is 0.753. The Morgan fingerprint density at radius 1 is 1.56 bits per heavy atom. The third kappa shape index (κ3) is 2.09. The van der Waals surface area contributed by atoms with Gasteiger partial charge in [0.25, 0.3) is 0 Å². The highest BCUT2D eigenvalue weighted by Crippen LogP contribution is 2.46. The van der Waals surface area contributed by atoms with E-state index in [0.29, 0.717) is 6.04 Å². The molecule has 1 aliphatic heterocycles. The molecule has 4 nitrogen and oxygen atoms in total. The molecule has 16 heavy (non-hydrogen) atoms. The third-order valence-electron chi connectivity index (χ3n) is 4.08. The largest absolute Gasteiger partial charge is 0.395 e. The Balaban J connectivity index is 1.96. The van der Waals surface area contributed by atoms with E-state index in [0.717, 1.165) is 38.8 Å². The van der Waals surface area contributed by atoms with E-state index in [2.05, 4.69) is 11.9 Å². The molecule has 0 spiro atoms. The van der Waals surface area contributed by atoms with Gasteiger partial charge in [0.2, 0.25) is 5.91 Å². The van der Waals surface area contributed by atoms with Crippen molar-refractivity contribution < 1.29 is 9.90 Å². The molecule has 2 fully saturated rings. The molecule has 2 aliphatic rings. The standard InChI is InChI=1S/C12H22N2O2/c1-13-7-3-4-10(8-13)14(2)11(16)12(9-15)5-6-12/h10,15H,3-9H2,1-2H3. The fourth-order valence-corrected chi connectivity index (χ4v) is 2.59. The zero-order valence-corrected chi connectivity index (χ0v) is 10.3. The zero-order chi connectivity index (χ0) is 11.8. The molecule has 1 saturated heterocycles. The van der Waals surface area contributed by atoms with Crippen molar-refractivity contribution >= 4 is 5.91 Å². The lowest BCUT2D eigenvalue weighted by Crippen LogP contribution is -2.49. The number of piperidine rings is 1. The van der Waals surface area contributed by atoms with E-state index in [4.69, 9.17) is 0 Å². The second-order valence-corrected chi connectivity index (χ2v) is 5.41. The Morgan fingerprint density at radius 3 is 2.75 bits per heavy atom. The van der Waals surface area contributed by atoms with Crippen LogP contribution in [-0.2, 0) is 4.79 Å². The monoisotopic (exact) mass is 226 g/mol. The van der Waals surface area contributed by atoms with E-state index in [1.54, 1.807) is 0 Å². The van der Waals surface area contributed by atoms with Crippen LogP contribution >= 0.6 is 0 Å². The average molecular weight is 226 g/mol. The number of carbonyl (C=O) groups is 1. The van der Waals surface area contributed by atoms with Gasteiger partial charge in [-0.2, -0.15) is 0 Å². The summed E-state index contributed by atoms with van der Waals surface area (Å²) in [5.74, 6) is 0.148. The van der Waals surface area contributed by atoms with Crippen LogP contribution < -0.4 is 0 Å². The van der Waals surface area contributed by atoms with Gasteiger partial charge >= 0.3 is 0 Å². The van der Waals surface area contributed by atoms with Crippen molar-refractivity contribution in [3.8, 4) is 0 Å². The van der Waals surface area contributed by atoms with Crippen LogP contribution in [0, 0.1) is 5.41 Å². The van der Waals surface area contributed by atoms with Crippen molar-refractivity contribution in [1.82, 2.24) is 9.80 Å². The van der Waals surface area contributed by atoms with Gasteiger partial charge in [-0.15, -0.1) is 0 Å². The number of hydrogen-bond donors (Lipinski definition) is 1. The maximum absolute atomic E-state index is 12.2. The minimum Gasteiger partial charge on any atom is -0.395 e. The van der Waals surface area contributed by atoms with Crippen molar-refractivity contribution in [3.05, 3.63) is 0 Å². The fraction of sp³-hybridized carbons (Fsp3) is 0.917. The highest BCUT2D eigenvalue weighted by atomic mass is 16.3. The first-order valence-corrected chi connectivity index (χ1v) is 6.16. The Hall–Kier alpha value is -0.610. The number of aliphatic hydroxyl groups is 1. The Labute approximate surface area is 97.2 Å². The molecule has 1 saturated carbocycles. The molecule has 1 N–H and O–H groups in total. The number of aliphatic hydroxyl groups excluding tert-OH is 1. The topological polar surface area (TPSA) is 43.8 Å². The van der Waals surface area contributed by atoms with Gasteiger partial charge in [-0.1, -0.05) is 0 Å². The van der Waals surface area contributed by atoms with Crippen LogP contribution in [0.15, 0.2) is 0 Å². The Bertz CT molecular complexity index is 276.